The van der Waals surface area contributed by atoms with E-state index >= 15 is 0 Å². The Morgan fingerprint density at radius 3 is 2.76 bits per heavy atom. The summed E-state index contributed by atoms with van der Waals surface area (Å²) in [5, 5.41) is 12.7. The van der Waals surface area contributed by atoms with E-state index in [9.17, 15) is 4.79 Å². The van der Waals surface area contributed by atoms with Gasteiger partial charge in [-0.3, -0.25) is 14.7 Å². The van der Waals surface area contributed by atoms with Gasteiger partial charge >= 0.3 is 0 Å². The van der Waals surface area contributed by atoms with Crippen LogP contribution >= 0.6 is 11.8 Å². The van der Waals surface area contributed by atoms with E-state index in [1.807, 2.05) is 48.7 Å². The van der Waals surface area contributed by atoms with Crippen LogP contribution in [0.4, 0.5) is 5.69 Å². The second kappa shape index (κ2) is 11.4. The molecule has 0 aliphatic carbocycles. The van der Waals surface area contributed by atoms with Gasteiger partial charge in [-0.15, -0.1) is 10.2 Å². The second-order valence-electron chi connectivity index (χ2n) is 8.30. The summed E-state index contributed by atoms with van der Waals surface area (Å²) in [4.78, 5) is 17.9. The average Bonchev–Trinajstić information content (AvgIpc) is 3.45. The van der Waals surface area contributed by atoms with Crippen molar-refractivity contribution < 1.29 is 9.53 Å². The molecule has 0 radical (unpaired) electrons. The van der Waals surface area contributed by atoms with Crippen molar-refractivity contribution in [2.75, 3.05) is 19.0 Å². The first kappa shape index (κ1) is 23.4. The number of carbonyl (C=O) groups is 1. The lowest BCUT2D eigenvalue weighted by Gasteiger charge is -2.19. The zero-order chi connectivity index (χ0) is 23.0. The molecule has 1 atom stereocenters. The zero-order valence-electron chi connectivity index (χ0n) is 19.1. The maximum Gasteiger partial charge on any atom is 0.221 e. The van der Waals surface area contributed by atoms with Gasteiger partial charge in [-0.2, -0.15) is 0 Å². The molecule has 9 heteroatoms. The third-order valence-electron chi connectivity index (χ3n) is 5.42. The Balaban J connectivity index is 1.42. The number of thioether (sulfide) groups is 1. The molecule has 2 aromatic heterocycles. The van der Waals surface area contributed by atoms with Gasteiger partial charge in [0.2, 0.25) is 5.91 Å². The maximum atomic E-state index is 11.2. The summed E-state index contributed by atoms with van der Waals surface area (Å²) in [5.41, 5.74) is 3.00. The van der Waals surface area contributed by atoms with Crippen molar-refractivity contribution in [1.29, 1.82) is 0 Å². The fraction of sp³-hybridized carbons (Fsp3) is 0.417. The van der Waals surface area contributed by atoms with Gasteiger partial charge in [0.05, 0.1) is 24.9 Å². The van der Waals surface area contributed by atoms with Crippen LogP contribution in [0, 0.1) is 0 Å². The van der Waals surface area contributed by atoms with Crippen LogP contribution < -0.4 is 5.32 Å². The lowest BCUT2D eigenvalue weighted by Crippen LogP contribution is -2.23. The highest BCUT2D eigenvalue weighted by Gasteiger charge is 2.22. The van der Waals surface area contributed by atoms with Gasteiger partial charge in [0, 0.05) is 37.7 Å². The van der Waals surface area contributed by atoms with E-state index in [2.05, 4.69) is 37.0 Å². The molecule has 1 aliphatic heterocycles. The van der Waals surface area contributed by atoms with Crippen molar-refractivity contribution in [3.63, 3.8) is 0 Å². The molecule has 4 rings (SSSR count). The lowest BCUT2D eigenvalue weighted by molar-refractivity contribution is -0.114. The second-order valence-corrected chi connectivity index (χ2v) is 9.25. The summed E-state index contributed by atoms with van der Waals surface area (Å²) in [5.74, 6) is 1.62. The molecule has 3 heterocycles. The molecular formula is C24H30N6O2S. The van der Waals surface area contributed by atoms with E-state index in [-0.39, 0.29) is 12.0 Å². The lowest BCUT2D eigenvalue weighted by atomic mass is 10.2. The van der Waals surface area contributed by atoms with Crippen molar-refractivity contribution in [1.82, 2.24) is 24.6 Å². The van der Waals surface area contributed by atoms with Crippen LogP contribution in [0.5, 0.6) is 0 Å². The molecule has 1 aromatic carbocycles. The maximum absolute atomic E-state index is 11.2. The minimum absolute atomic E-state index is 0.0674. The van der Waals surface area contributed by atoms with Gasteiger partial charge in [0.1, 0.15) is 5.82 Å². The Morgan fingerprint density at radius 1 is 1.21 bits per heavy atom. The van der Waals surface area contributed by atoms with Gasteiger partial charge in [-0.25, -0.2) is 0 Å². The first-order valence-corrected chi connectivity index (χ1v) is 12.2. The van der Waals surface area contributed by atoms with Gasteiger partial charge in [-0.1, -0.05) is 30.0 Å². The van der Waals surface area contributed by atoms with Crippen molar-refractivity contribution >= 4 is 23.4 Å². The number of hydrogen-bond acceptors (Lipinski definition) is 7. The Bertz CT molecular complexity index is 1030. The van der Waals surface area contributed by atoms with E-state index in [0.29, 0.717) is 6.54 Å². The molecule has 1 amide bonds. The molecule has 33 heavy (non-hydrogen) atoms. The van der Waals surface area contributed by atoms with Gasteiger partial charge in [-0.05, 0) is 49.7 Å². The van der Waals surface area contributed by atoms with E-state index in [1.54, 1.807) is 11.8 Å². The molecule has 0 unspecified atom stereocenters. The molecule has 174 valence electrons. The fourth-order valence-electron chi connectivity index (χ4n) is 3.85. The number of nitrogens with one attached hydrogen (secondary N) is 1. The number of aromatic nitrogens is 4. The van der Waals surface area contributed by atoms with Crippen LogP contribution in [-0.4, -0.2) is 50.3 Å². The molecular weight excluding hydrogens is 436 g/mol. The average molecular weight is 467 g/mol. The zero-order valence-corrected chi connectivity index (χ0v) is 19.9. The van der Waals surface area contributed by atoms with Crippen LogP contribution in [0.25, 0.3) is 0 Å². The monoisotopic (exact) mass is 466 g/mol. The van der Waals surface area contributed by atoms with Crippen LogP contribution in [0.3, 0.4) is 0 Å². The molecule has 3 aromatic rings. The van der Waals surface area contributed by atoms with Gasteiger partial charge in [0.25, 0.3) is 0 Å². The Hall–Kier alpha value is -2.75. The molecule has 1 fully saturated rings. The molecule has 1 aliphatic rings. The molecule has 1 saturated heterocycles. The standard InChI is InChI=1S/C24H30N6O2S/c1-18(31)26-20-10-8-19(9-11-20)14-29(2)16-23-27-28-24(30(23)15-22-7-5-13-32-22)33-17-21-6-3-4-12-25-21/h3-4,6,8-12,22H,5,7,13-17H2,1-2H3,(H,26,31)/t22-/m1/s1. The number of hydrogen-bond donors (Lipinski definition) is 1. The fourth-order valence-corrected chi connectivity index (χ4v) is 4.73. The summed E-state index contributed by atoms with van der Waals surface area (Å²) in [6, 6.07) is 13.9. The number of amides is 1. The highest BCUT2D eigenvalue weighted by molar-refractivity contribution is 7.98. The number of ether oxygens (including phenoxy) is 1. The number of pyridine rings is 1. The number of rotatable bonds is 10. The highest BCUT2D eigenvalue weighted by atomic mass is 32.2. The molecule has 0 saturated carbocycles. The normalized spacial score (nSPS) is 15.8. The van der Waals surface area contributed by atoms with Crippen LogP contribution in [-0.2, 0) is 34.9 Å². The quantitative estimate of drug-likeness (QED) is 0.456. The van der Waals surface area contributed by atoms with Crippen molar-refractivity contribution in [2.45, 2.75) is 56.4 Å². The van der Waals surface area contributed by atoms with Gasteiger partial charge < -0.3 is 14.6 Å². The summed E-state index contributed by atoms with van der Waals surface area (Å²) in [6.07, 6.45) is 4.20. The number of nitrogens with zero attached hydrogens (tertiary/aromatic N) is 5. The molecule has 0 bridgehead atoms. The van der Waals surface area contributed by atoms with Crippen LogP contribution in [0.15, 0.2) is 53.8 Å². The third-order valence-corrected chi connectivity index (χ3v) is 6.42. The first-order chi connectivity index (χ1) is 16.1. The third kappa shape index (κ3) is 6.86. The SMILES string of the molecule is CC(=O)Nc1ccc(CN(C)Cc2nnc(SCc3ccccn3)n2C[C@H]2CCCO2)cc1. The van der Waals surface area contributed by atoms with E-state index in [0.717, 1.165) is 60.7 Å². The van der Waals surface area contributed by atoms with Crippen molar-refractivity contribution in [3.8, 4) is 0 Å². The summed E-state index contributed by atoms with van der Waals surface area (Å²) in [6.45, 7) is 4.55. The van der Waals surface area contributed by atoms with Crippen molar-refractivity contribution in [3.05, 3.63) is 65.7 Å². The molecule has 1 N–H and O–H groups in total. The highest BCUT2D eigenvalue weighted by Crippen LogP contribution is 2.24. The number of anilines is 1. The summed E-state index contributed by atoms with van der Waals surface area (Å²) < 4.78 is 8.11. The van der Waals surface area contributed by atoms with E-state index < -0.39 is 0 Å². The Labute approximate surface area is 198 Å². The topological polar surface area (TPSA) is 85.2 Å². The first-order valence-electron chi connectivity index (χ1n) is 11.2. The van der Waals surface area contributed by atoms with Gasteiger partial charge in [0.15, 0.2) is 5.16 Å². The van der Waals surface area contributed by atoms with Crippen LogP contribution in [0.1, 0.15) is 36.8 Å². The molecule has 0 spiro atoms. The number of benzene rings is 1. The van der Waals surface area contributed by atoms with E-state index in [1.165, 1.54) is 12.5 Å². The predicted molar refractivity (Wildman–Crippen MR) is 129 cm³/mol. The van der Waals surface area contributed by atoms with Crippen LogP contribution in [0.2, 0.25) is 0 Å². The Morgan fingerprint density at radius 2 is 2.06 bits per heavy atom. The smallest absolute Gasteiger partial charge is 0.221 e. The molecule has 8 nitrogen and oxygen atoms in total. The van der Waals surface area contributed by atoms with Crippen molar-refractivity contribution in [2.24, 2.45) is 0 Å². The largest absolute Gasteiger partial charge is 0.376 e. The minimum Gasteiger partial charge on any atom is -0.376 e. The summed E-state index contributed by atoms with van der Waals surface area (Å²) >= 11 is 1.66. The predicted octanol–water partition coefficient (Wildman–Crippen LogP) is 3.73. The van der Waals surface area contributed by atoms with E-state index in [4.69, 9.17) is 4.74 Å². The Kier molecular flexibility index (Phi) is 8.09. The number of carbonyl (C=O) groups excluding carboxylic acids is 1. The minimum atomic E-state index is -0.0674. The summed E-state index contributed by atoms with van der Waals surface area (Å²) in [7, 11) is 2.08.